The van der Waals surface area contributed by atoms with E-state index in [1.807, 2.05) is 30.3 Å². The van der Waals surface area contributed by atoms with E-state index in [0.717, 1.165) is 17.5 Å². The van der Waals surface area contributed by atoms with Gasteiger partial charge in [0, 0.05) is 25.6 Å². The predicted molar refractivity (Wildman–Crippen MR) is 114 cm³/mol. The molecular formula is C22H29FN4O2. The van der Waals surface area contributed by atoms with E-state index in [9.17, 15) is 9.18 Å². The summed E-state index contributed by atoms with van der Waals surface area (Å²) in [6.07, 6.45) is 0.796. The smallest absolute Gasteiger partial charge is 0.255 e. The third-order valence-corrected chi connectivity index (χ3v) is 4.54. The molecule has 0 fully saturated rings. The summed E-state index contributed by atoms with van der Waals surface area (Å²) in [7, 11) is 1.72. The Labute approximate surface area is 171 Å². The van der Waals surface area contributed by atoms with E-state index in [0.29, 0.717) is 24.8 Å². The molecule has 0 saturated carbocycles. The number of hydrogen-bond acceptors (Lipinski definition) is 3. The highest BCUT2D eigenvalue weighted by Crippen LogP contribution is 2.22. The van der Waals surface area contributed by atoms with Crippen LogP contribution < -0.4 is 21.1 Å². The number of benzene rings is 2. The molecule has 156 valence electrons. The van der Waals surface area contributed by atoms with Crippen LogP contribution in [0.3, 0.4) is 0 Å². The molecule has 29 heavy (non-hydrogen) atoms. The van der Waals surface area contributed by atoms with E-state index < -0.39 is 5.91 Å². The molecule has 6 nitrogen and oxygen atoms in total. The molecule has 0 heterocycles. The number of guanidine groups is 1. The first kappa shape index (κ1) is 22.2. The summed E-state index contributed by atoms with van der Waals surface area (Å²) in [6, 6.07) is 14.2. The summed E-state index contributed by atoms with van der Waals surface area (Å²) in [5, 5.41) is 6.58. The molecule has 0 aliphatic carbocycles. The highest BCUT2D eigenvalue weighted by atomic mass is 19.1. The molecule has 0 aromatic heterocycles. The lowest BCUT2D eigenvalue weighted by Crippen LogP contribution is -2.44. The third-order valence-electron chi connectivity index (χ3n) is 4.54. The lowest BCUT2D eigenvalue weighted by Gasteiger charge is -2.27. The summed E-state index contributed by atoms with van der Waals surface area (Å²) in [5.74, 6) is 0.565. The van der Waals surface area contributed by atoms with E-state index in [1.165, 1.54) is 6.07 Å². The number of aliphatic imine (C=N–C) groups is 1. The van der Waals surface area contributed by atoms with Gasteiger partial charge in [-0.1, -0.05) is 38.1 Å². The standard InChI is InChI=1S/C22H29FN4O2/c1-22(2,17-5-4-6-18(23)13-17)15-27-21(25-3)26-12-11-16-7-9-19(10-8-16)29-14-20(24)28/h4-10,13H,11-12,14-15H2,1-3H3,(H2,24,28)(H2,25,26,27). The molecule has 0 aliphatic heterocycles. The Morgan fingerprint density at radius 1 is 1.17 bits per heavy atom. The largest absolute Gasteiger partial charge is 0.484 e. The van der Waals surface area contributed by atoms with Gasteiger partial charge in [-0.25, -0.2) is 4.39 Å². The SMILES string of the molecule is CN=C(NCCc1ccc(OCC(N)=O)cc1)NCC(C)(C)c1cccc(F)c1. The van der Waals surface area contributed by atoms with Crippen molar-refractivity contribution in [3.8, 4) is 5.75 Å². The molecule has 0 saturated heterocycles. The van der Waals surface area contributed by atoms with Gasteiger partial charge in [-0.3, -0.25) is 9.79 Å². The maximum atomic E-state index is 13.5. The monoisotopic (exact) mass is 400 g/mol. The molecule has 0 unspecified atom stereocenters. The number of primary amides is 1. The van der Waals surface area contributed by atoms with Crippen molar-refractivity contribution in [2.75, 3.05) is 26.7 Å². The summed E-state index contributed by atoms with van der Waals surface area (Å²) >= 11 is 0. The highest BCUT2D eigenvalue weighted by Gasteiger charge is 2.21. The number of hydrogen-bond donors (Lipinski definition) is 3. The van der Waals surface area contributed by atoms with Crippen molar-refractivity contribution in [1.82, 2.24) is 10.6 Å². The van der Waals surface area contributed by atoms with Crippen molar-refractivity contribution in [2.24, 2.45) is 10.7 Å². The Hall–Kier alpha value is -3.09. The highest BCUT2D eigenvalue weighted by molar-refractivity contribution is 5.79. The fraction of sp³-hybridized carbons (Fsp3) is 0.364. The van der Waals surface area contributed by atoms with Crippen molar-refractivity contribution >= 4 is 11.9 Å². The molecule has 7 heteroatoms. The number of nitrogens with one attached hydrogen (secondary N) is 2. The zero-order chi connectivity index (χ0) is 21.3. The van der Waals surface area contributed by atoms with Gasteiger partial charge in [0.25, 0.3) is 5.91 Å². The first-order chi connectivity index (χ1) is 13.8. The zero-order valence-corrected chi connectivity index (χ0v) is 17.2. The van der Waals surface area contributed by atoms with Crippen LogP contribution in [-0.4, -0.2) is 38.6 Å². The van der Waals surface area contributed by atoms with Crippen molar-refractivity contribution < 1.29 is 13.9 Å². The van der Waals surface area contributed by atoms with Gasteiger partial charge in [-0.2, -0.15) is 0 Å². The predicted octanol–water partition coefficient (Wildman–Crippen LogP) is 2.38. The molecule has 1 amide bonds. The number of carbonyl (C=O) groups excluding carboxylic acids is 1. The lowest BCUT2D eigenvalue weighted by molar-refractivity contribution is -0.119. The summed E-state index contributed by atoms with van der Waals surface area (Å²) in [5.41, 5.74) is 6.87. The van der Waals surface area contributed by atoms with E-state index in [1.54, 1.807) is 19.2 Å². The minimum Gasteiger partial charge on any atom is -0.484 e. The molecule has 0 bridgehead atoms. The molecule has 0 radical (unpaired) electrons. The Bertz CT molecular complexity index is 835. The summed E-state index contributed by atoms with van der Waals surface area (Å²) in [6.45, 7) is 5.30. The van der Waals surface area contributed by atoms with E-state index in [2.05, 4.69) is 29.5 Å². The van der Waals surface area contributed by atoms with Crippen molar-refractivity contribution in [3.05, 3.63) is 65.5 Å². The first-order valence-corrected chi connectivity index (χ1v) is 9.51. The fourth-order valence-electron chi connectivity index (χ4n) is 2.77. The normalized spacial score (nSPS) is 11.8. The molecule has 4 N–H and O–H groups in total. The maximum absolute atomic E-state index is 13.5. The quantitative estimate of drug-likeness (QED) is 0.445. The van der Waals surface area contributed by atoms with Crippen LogP contribution in [0.4, 0.5) is 4.39 Å². The van der Waals surface area contributed by atoms with Crippen molar-refractivity contribution in [2.45, 2.75) is 25.7 Å². The van der Waals surface area contributed by atoms with Gasteiger partial charge in [-0.15, -0.1) is 0 Å². The fourth-order valence-corrected chi connectivity index (χ4v) is 2.77. The molecule has 2 aromatic carbocycles. The second-order valence-corrected chi connectivity index (χ2v) is 7.40. The van der Waals surface area contributed by atoms with Crippen LogP contribution in [0.2, 0.25) is 0 Å². The number of nitrogens with zero attached hydrogens (tertiary/aromatic N) is 1. The van der Waals surface area contributed by atoms with Crippen LogP contribution in [-0.2, 0) is 16.6 Å². The minimum absolute atomic E-state index is 0.130. The van der Waals surface area contributed by atoms with E-state index >= 15 is 0 Å². The van der Waals surface area contributed by atoms with Gasteiger partial charge in [0.2, 0.25) is 0 Å². The van der Waals surface area contributed by atoms with Crippen LogP contribution >= 0.6 is 0 Å². The van der Waals surface area contributed by atoms with E-state index in [-0.39, 0.29) is 17.8 Å². The van der Waals surface area contributed by atoms with Gasteiger partial charge in [0.05, 0.1) is 0 Å². The lowest BCUT2D eigenvalue weighted by atomic mass is 9.84. The average molecular weight is 400 g/mol. The molecule has 2 rings (SSSR count). The van der Waals surface area contributed by atoms with Crippen LogP contribution in [0.1, 0.15) is 25.0 Å². The minimum atomic E-state index is -0.502. The number of amides is 1. The van der Waals surface area contributed by atoms with Crippen LogP contribution in [0.15, 0.2) is 53.5 Å². The second kappa shape index (κ2) is 10.5. The number of ether oxygens (including phenoxy) is 1. The van der Waals surface area contributed by atoms with Crippen LogP contribution in [0.5, 0.6) is 5.75 Å². The number of halogens is 1. The van der Waals surface area contributed by atoms with Gasteiger partial charge in [0.15, 0.2) is 12.6 Å². The molecule has 0 spiro atoms. The zero-order valence-electron chi connectivity index (χ0n) is 17.2. The Morgan fingerprint density at radius 3 is 2.52 bits per heavy atom. The average Bonchev–Trinajstić information content (AvgIpc) is 2.70. The Morgan fingerprint density at radius 2 is 1.90 bits per heavy atom. The van der Waals surface area contributed by atoms with Gasteiger partial charge in [-0.05, 0) is 41.8 Å². The molecule has 0 atom stereocenters. The molecule has 2 aromatic rings. The van der Waals surface area contributed by atoms with Crippen molar-refractivity contribution in [3.63, 3.8) is 0 Å². The van der Waals surface area contributed by atoms with Gasteiger partial charge in [0.1, 0.15) is 11.6 Å². The molecular weight excluding hydrogens is 371 g/mol. The number of carbonyl (C=O) groups is 1. The van der Waals surface area contributed by atoms with Crippen LogP contribution in [0, 0.1) is 5.82 Å². The van der Waals surface area contributed by atoms with Gasteiger partial charge < -0.3 is 21.1 Å². The number of rotatable bonds is 9. The Kier molecular flexibility index (Phi) is 8.00. The molecule has 0 aliphatic rings. The Balaban J connectivity index is 1.79. The first-order valence-electron chi connectivity index (χ1n) is 9.51. The van der Waals surface area contributed by atoms with Gasteiger partial charge >= 0.3 is 0 Å². The summed E-state index contributed by atoms with van der Waals surface area (Å²) < 4.78 is 18.8. The topological polar surface area (TPSA) is 88.7 Å². The maximum Gasteiger partial charge on any atom is 0.255 e. The van der Waals surface area contributed by atoms with E-state index in [4.69, 9.17) is 10.5 Å². The second-order valence-electron chi connectivity index (χ2n) is 7.40. The van der Waals surface area contributed by atoms with Crippen molar-refractivity contribution in [1.29, 1.82) is 0 Å². The number of nitrogens with two attached hydrogens (primary N) is 1. The van der Waals surface area contributed by atoms with Crippen LogP contribution in [0.25, 0.3) is 0 Å². The summed E-state index contributed by atoms with van der Waals surface area (Å²) in [4.78, 5) is 15.0. The third kappa shape index (κ3) is 7.44.